The number of aromatic nitrogens is 2. The van der Waals surface area contributed by atoms with Crippen LogP contribution in [-0.2, 0) is 22.5 Å². The number of rotatable bonds is 9. The van der Waals surface area contributed by atoms with Crippen molar-refractivity contribution in [3.63, 3.8) is 0 Å². The third-order valence-corrected chi connectivity index (χ3v) is 5.42. The Morgan fingerprint density at radius 3 is 2.50 bits per heavy atom. The first-order chi connectivity index (χ1) is 15.4. The Morgan fingerprint density at radius 2 is 1.81 bits per heavy atom. The van der Waals surface area contributed by atoms with Crippen molar-refractivity contribution in [2.45, 2.75) is 19.4 Å². The van der Waals surface area contributed by atoms with Crippen molar-refractivity contribution in [3.05, 3.63) is 91.6 Å². The van der Waals surface area contributed by atoms with E-state index in [4.69, 9.17) is 22.1 Å². The zero-order valence-corrected chi connectivity index (χ0v) is 18.5. The summed E-state index contributed by atoms with van der Waals surface area (Å²) in [6.07, 6.45) is 0.494. The van der Waals surface area contributed by atoms with E-state index >= 15 is 0 Å². The lowest BCUT2D eigenvalue weighted by molar-refractivity contribution is -0.118. The highest BCUT2D eigenvalue weighted by molar-refractivity contribution is 6.31. The molecule has 0 aliphatic rings. The number of carbonyl (C=O) groups is 1. The minimum Gasteiger partial charge on any atom is -0.383 e. The number of carbonyl (C=O) groups excluding carboxylic acids is 1. The van der Waals surface area contributed by atoms with Gasteiger partial charge in [-0.15, -0.1) is 0 Å². The molecule has 32 heavy (non-hydrogen) atoms. The van der Waals surface area contributed by atoms with E-state index in [0.717, 1.165) is 11.1 Å². The van der Waals surface area contributed by atoms with Crippen molar-refractivity contribution in [2.24, 2.45) is 0 Å². The number of amides is 1. The van der Waals surface area contributed by atoms with Gasteiger partial charge in [-0.2, -0.15) is 0 Å². The van der Waals surface area contributed by atoms with Gasteiger partial charge in [0.25, 0.3) is 5.56 Å². The molecule has 0 radical (unpaired) electrons. The average Bonchev–Trinajstić information content (AvgIpc) is 2.78. The Morgan fingerprint density at radius 1 is 1.12 bits per heavy atom. The molecule has 0 spiro atoms. The number of H-pyrrole nitrogens is 1. The summed E-state index contributed by atoms with van der Waals surface area (Å²) in [5.41, 5.74) is 6.48. The number of nitrogen functional groups attached to an aromatic ring is 1. The van der Waals surface area contributed by atoms with E-state index < -0.39 is 11.2 Å². The fourth-order valence-corrected chi connectivity index (χ4v) is 3.61. The van der Waals surface area contributed by atoms with E-state index in [-0.39, 0.29) is 43.5 Å². The number of nitrogens with one attached hydrogen (secondary N) is 1. The third kappa shape index (κ3) is 5.46. The van der Waals surface area contributed by atoms with E-state index in [0.29, 0.717) is 11.4 Å². The normalized spacial score (nSPS) is 10.8. The number of methoxy groups -OCH3 is 1. The van der Waals surface area contributed by atoms with E-state index in [1.54, 1.807) is 6.07 Å². The number of halogens is 1. The first-order valence-electron chi connectivity index (χ1n) is 10.1. The zero-order chi connectivity index (χ0) is 23.1. The van der Waals surface area contributed by atoms with Crippen LogP contribution < -0.4 is 21.9 Å². The quantitative estimate of drug-likeness (QED) is 0.513. The molecule has 0 saturated carbocycles. The zero-order valence-electron chi connectivity index (χ0n) is 17.7. The topological polar surface area (TPSA) is 110 Å². The number of anilines is 2. The Kier molecular flexibility index (Phi) is 7.86. The summed E-state index contributed by atoms with van der Waals surface area (Å²) in [6, 6.07) is 16.5. The summed E-state index contributed by atoms with van der Waals surface area (Å²) < 4.78 is 6.36. The van der Waals surface area contributed by atoms with Crippen LogP contribution in [0.1, 0.15) is 17.5 Å². The molecule has 3 aromatic rings. The summed E-state index contributed by atoms with van der Waals surface area (Å²) in [5, 5.41) is 0.567. The second-order valence-corrected chi connectivity index (χ2v) is 7.60. The number of aromatic amines is 1. The molecule has 0 bridgehead atoms. The van der Waals surface area contributed by atoms with Gasteiger partial charge in [0.1, 0.15) is 5.82 Å². The predicted molar refractivity (Wildman–Crippen MR) is 125 cm³/mol. The fourth-order valence-electron chi connectivity index (χ4n) is 3.38. The maximum absolute atomic E-state index is 13.1. The standard InChI is InChI=1S/C23H25ClN4O4/c1-32-14-13-27(19(29)12-11-17-9-5-6-10-18(17)24)20-21(25)28(23(31)26-22(20)30)15-16-7-3-2-4-8-16/h2-10H,11-15,25H2,1H3,(H,26,30,31). The lowest BCUT2D eigenvalue weighted by Crippen LogP contribution is -2.42. The highest BCUT2D eigenvalue weighted by Gasteiger charge is 2.24. The van der Waals surface area contributed by atoms with Crippen molar-refractivity contribution >= 4 is 29.0 Å². The van der Waals surface area contributed by atoms with E-state index in [1.165, 1.54) is 16.6 Å². The maximum atomic E-state index is 13.1. The molecular weight excluding hydrogens is 432 g/mol. The van der Waals surface area contributed by atoms with Gasteiger partial charge in [0, 0.05) is 25.1 Å². The molecule has 2 aromatic carbocycles. The van der Waals surface area contributed by atoms with Gasteiger partial charge >= 0.3 is 5.69 Å². The summed E-state index contributed by atoms with van der Waals surface area (Å²) in [6.45, 7) is 0.449. The number of benzene rings is 2. The van der Waals surface area contributed by atoms with Gasteiger partial charge in [-0.3, -0.25) is 19.1 Å². The van der Waals surface area contributed by atoms with Crippen LogP contribution in [0.15, 0.2) is 64.2 Å². The average molecular weight is 457 g/mol. The summed E-state index contributed by atoms with van der Waals surface area (Å²) in [7, 11) is 1.50. The molecule has 0 aliphatic heterocycles. The van der Waals surface area contributed by atoms with Crippen molar-refractivity contribution in [1.82, 2.24) is 9.55 Å². The first-order valence-corrected chi connectivity index (χ1v) is 10.5. The molecule has 1 heterocycles. The van der Waals surface area contributed by atoms with Gasteiger partial charge in [-0.1, -0.05) is 60.1 Å². The van der Waals surface area contributed by atoms with Crippen LogP contribution in [0, 0.1) is 0 Å². The summed E-state index contributed by atoms with van der Waals surface area (Å²) in [5.74, 6) is -0.408. The highest BCUT2D eigenvalue weighted by atomic mass is 35.5. The molecule has 0 fully saturated rings. The molecular formula is C23H25ClN4O4. The number of hydrogen-bond acceptors (Lipinski definition) is 5. The number of ether oxygens (including phenoxy) is 1. The van der Waals surface area contributed by atoms with Crippen LogP contribution >= 0.6 is 11.6 Å². The molecule has 0 saturated heterocycles. The van der Waals surface area contributed by atoms with Crippen LogP contribution in [0.25, 0.3) is 0 Å². The van der Waals surface area contributed by atoms with Crippen molar-refractivity contribution in [1.29, 1.82) is 0 Å². The van der Waals surface area contributed by atoms with Gasteiger partial charge < -0.3 is 15.4 Å². The Hall–Kier alpha value is -3.36. The minimum atomic E-state index is -0.723. The summed E-state index contributed by atoms with van der Waals surface area (Å²) >= 11 is 6.20. The number of nitrogens with zero attached hydrogens (tertiary/aromatic N) is 2. The van der Waals surface area contributed by atoms with Crippen LogP contribution in [0.5, 0.6) is 0 Å². The van der Waals surface area contributed by atoms with Gasteiger partial charge in [-0.25, -0.2) is 4.79 Å². The van der Waals surface area contributed by atoms with E-state index in [9.17, 15) is 14.4 Å². The lowest BCUT2D eigenvalue weighted by Gasteiger charge is -2.24. The molecule has 8 nitrogen and oxygen atoms in total. The monoisotopic (exact) mass is 456 g/mol. The van der Waals surface area contributed by atoms with Crippen LogP contribution in [0.2, 0.25) is 5.02 Å². The van der Waals surface area contributed by atoms with Gasteiger partial charge in [0.15, 0.2) is 5.69 Å². The van der Waals surface area contributed by atoms with Gasteiger partial charge in [0.05, 0.1) is 13.2 Å². The third-order valence-electron chi connectivity index (χ3n) is 5.05. The van der Waals surface area contributed by atoms with Crippen LogP contribution in [-0.4, -0.2) is 35.7 Å². The second-order valence-electron chi connectivity index (χ2n) is 7.19. The molecule has 3 rings (SSSR count). The van der Waals surface area contributed by atoms with Crippen molar-refractivity contribution in [2.75, 3.05) is 30.9 Å². The van der Waals surface area contributed by atoms with Gasteiger partial charge in [-0.05, 0) is 23.6 Å². The van der Waals surface area contributed by atoms with Crippen LogP contribution in [0.4, 0.5) is 11.5 Å². The molecule has 0 aliphatic carbocycles. The largest absolute Gasteiger partial charge is 0.383 e. The lowest BCUT2D eigenvalue weighted by atomic mass is 10.1. The molecule has 3 N–H and O–H groups in total. The number of hydrogen-bond donors (Lipinski definition) is 2. The highest BCUT2D eigenvalue weighted by Crippen LogP contribution is 2.21. The molecule has 0 unspecified atom stereocenters. The Balaban J connectivity index is 1.94. The maximum Gasteiger partial charge on any atom is 0.330 e. The summed E-state index contributed by atoms with van der Waals surface area (Å²) in [4.78, 5) is 41.8. The smallest absolute Gasteiger partial charge is 0.330 e. The first kappa shape index (κ1) is 23.3. The van der Waals surface area contributed by atoms with E-state index in [2.05, 4.69) is 4.98 Å². The number of aryl methyl sites for hydroxylation is 1. The molecule has 9 heteroatoms. The minimum absolute atomic E-state index is 0.0678. The fraction of sp³-hybridized carbons (Fsp3) is 0.261. The van der Waals surface area contributed by atoms with E-state index in [1.807, 2.05) is 48.5 Å². The molecule has 1 aromatic heterocycles. The predicted octanol–water partition coefficient (Wildman–Crippen LogP) is 2.43. The van der Waals surface area contributed by atoms with Crippen molar-refractivity contribution in [3.8, 4) is 0 Å². The van der Waals surface area contributed by atoms with Crippen molar-refractivity contribution < 1.29 is 9.53 Å². The second kappa shape index (κ2) is 10.8. The number of nitrogens with two attached hydrogens (primary N) is 1. The van der Waals surface area contributed by atoms with Crippen LogP contribution in [0.3, 0.4) is 0 Å². The molecule has 1 amide bonds. The van der Waals surface area contributed by atoms with Gasteiger partial charge in [0.2, 0.25) is 5.91 Å². The SMILES string of the molecule is COCCN(C(=O)CCc1ccccc1Cl)c1c(N)n(Cc2ccccc2)c(=O)[nH]c1=O. The molecule has 168 valence electrons. The Bertz CT molecular complexity index is 1190. The Labute approximate surface area is 190 Å². The molecule has 0 atom stereocenters.